The van der Waals surface area contributed by atoms with Crippen LogP contribution in [0.3, 0.4) is 0 Å². The van der Waals surface area contributed by atoms with Crippen molar-refractivity contribution in [3.8, 4) is 67.5 Å². The summed E-state index contributed by atoms with van der Waals surface area (Å²) in [4.78, 5) is 10.4. The molecule has 0 amide bonds. The first-order chi connectivity index (χ1) is 27.3. The number of hydrogen-bond acceptors (Lipinski definition) is 3. The molecule has 57 heavy (non-hydrogen) atoms. The summed E-state index contributed by atoms with van der Waals surface area (Å²) < 4.78 is 2.26. The predicted octanol–water partition coefficient (Wildman–Crippen LogP) is 13.9. The Morgan fingerprint density at radius 3 is 2.11 bits per heavy atom. The van der Waals surface area contributed by atoms with E-state index in [0.29, 0.717) is 17.3 Å². The molecule has 0 fully saturated rings. The minimum Gasteiger partial charge on any atom is -0.507 e. The van der Waals surface area contributed by atoms with Gasteiger partial charge in [-0.3, -0.25) is 9.55 Å². The largest absolute Gasteiger partial charge is 0.507 e. The molecule has 0 saturated carbocycles. The van der Waals surface area contributed by atoms with Crippen molar-refractivity contribution in [1.82, 2.24) is 14.5 Å². The highest BCUT2D eigenvalue weighted by molar-refractivity contribution is 5.98. The molecule has 8 aromatic rings. The van der Waals surface area contributed by atoms with Gasteiger partial charge in [0.25, 0.3) is 0 Å². The normalized spacial score (nSPS) is 11.8. The van der Waals surface area contributed by atoms with E-state index in [-0.39, 0.29) is 11.2 Å². The smallest absolute Gasteiger partial charge is 0.149 e. The van der Waals surface area contributed by atoms with E-state index in [1.54, 1.807) is 0 Å². The van der Waals surface area contributed by atoms with Crippen molar-refractivity contribution in [2.24, 2.45) is 5.92 Å². The van der Waals surface area contributed by atoms with Crippen LogP contribution in [0.15, 0.2) is 140 Å². The third kappa shape index (κ3) is 7.52. The van der Waals surface area contributed by atoms with Crippen molar-refractivity contribution in [1.29, 1.82) is 0 Å². The third-order valence-electron chi connectivity index (χ3n) is 11.0. The summed E-state index contributed by atoms with van der Waals surface area (Å²) in [7, 11) is 0. The number of aromatic nitrogens is 3. The van der Waals surface area contributed by atoms with Crippen LogP contribution in [0.5, 0.6) is 5.75 Å². The molecule has 0 spiro atoms. The van der Waals surface area contributed by atoms with Gasteiger partial charge >= 0.3 is 0 Å². The van der Waals surface area contributed by atoms with Gasteiger partial charge in [-0.1, -0.05) is 125 Å². The standard InChI is InChI=1S/C53H51N3O/c1-33(2)25-37-19-22-48(45(28-37)39-13-10-9-11-14-39)56-49-16-12-15-44(50(49)55-52(56)46-27-35(4)26-36(5)51(46)57)41-29-42(31-43(30-41)53(6,7)8)47-32-40(23-24-54-47)38-20-17-34(3)18-21-38/h9-24,26-33,57H,25H2,1-8H3. The summed E-state index contributed by atoms with van der Waals surface area (Å²) in [5.74, 6) is 1.47. The van der Waals surface area contributed by atoms with Gasteiger partial charge in [0, 0.05) is 22.9 Å². The van der Waals surface area contributed by atoms with Crippen molar-refractivity contribution in [2.45, 2.75) is 67.2 Å². The Kier molecular flexibility index (Phi) is 9.91. The van der Waals surface area contributed by atoms with Crippen LogP contribution in [0.1, 0.15) is 62.4 Å². The number of para-hydroxylation sites is 1. The maximum Gasteiger partial charge on any atom is 0.149 e. The van der Waals surface area contributed by atoms with Crippen molar-refractivity contribution in [3.05, 3.63) is 167 Å². The molecule has 0 aliphatic heterocycles. The third-order valence-corrected chi connectivity index (χ3v) is 11.0. The van der Waals surface area contributed by atoms with Gasteiger partial charge in [0.15, 0.2) is 0 Å². The maximum atomic E-state index is 11.7. The monoisotopic (exact) mass is 745 g/mol. The summed E-state index contributed by atoms with van der Waals surface area (Å²) in [6.07, 6.45) is 2.89. The van der Waals surface area contributed by atoms with Crippen LogP contribution in [0.2, 0.25) is 0 Å². The highest BCUT2D eigenvalue weighted by Crippen LogP contribution is 2.43. The van der Waals surface area contributed by atoms with Gasteiger partial charge in [-0.15, -0.1) is 0 Å². The van der Waals surface area contributed by atoms with Crippen LogP contribution >= 0.6 is 0 Å². The van der Waals surface area contributed by atoms with Crippen molar-refractivity contribution in [3.63, 3.8) is 0 Å². The highest BCUT2D eigenvalue weighted by Gasteiger charge is 2.24. The zero-order chi connectivity index (χ0) is 40.0. The number of aromatic hydroxyl groups is 1. The van der Waals surface area contributed by atoms with Gasteiger partial charge in [-0.05, 0) is 132 Å². The lowest BCUT2D eigenvalue weighted by molar-refractivity contribution is 0.472. The Morgan fingerprint density at radius 2 is 1.37 bits per heavy atom. The van der Waals surface area contributed by atoms with Gasteiger partial charge in [0.1, 0.15) is 11.6 Å². The second-order valence-electron chi connectivity index (χ2n) is 17.1. The number of phenolic OH excluding ortho intramolecular Hbond substituents is 1. The zero-order valence-electron chi connectivity index (χ0n) is 34.4. The maximum absolute atomic E-state index is 11.7. The summed E-state index contributed by atoms with van der Waals surface area (Å²) >= 11 is 0. The second-order valence-corrected chi connectivity index (χ2v) is 17.1. The molecule has 4 nitrogen and oxygen atoms in total. The molecule has 0 aliphatic carbocycles. The lowest BCUT2D eigenvalue weighted by Crippen LogP contribution is -2.11. The van der Waals surface area contributed by atoms with Crippen LogP contribution in [0.25, 0.3) is 72.7 Å². The van der Waals surface area contributed by atoms with E-state index in [2.05, 4.69) is 180 Å². The number of phenols is 1. The number of rotatable bonds is 8. The van der Waals surface area contributed by atoms with E-state index in [1.165, 1.54) is 22.3 Å². The zero-order valence-corrected chi connectivity index (χ0v) is 34.4. The minimum atomic E-state index is -0.120. The van der Waals surface area contributed by atoms with Crippen LogP contribution in [0.4, 0.5) is 0 Å². The lowest BCUT2D eigenvalue weighted by Gasteiger charge is -2.22. The van der Waals surface area contributed by atoms with Gasteiger partial charge in [0.2, 0.25) is 0 Å². The van der Waals surface area contributed by atoms with Crippen molar-refractivity contribution in [2.75, 3.05) is 0 Å². The molecule has 0 unspecified atom stereocenters. The Bertz CT molecular complexity index is 2750. The number of pyridine rings is 1. The topological polar surface area (TPSA) is 50.9 Å². The summed E-state index contributed by atoms with van der Waals surface area (Å²) in [6, 6.07) is 47.8. The van der Waals surface area contributed by atoms with E-state index >= 15 is 0 Å². The summed E-state index contributed by atoms with van der Waals surface area (Å²) in [5.41, 5.74) is 17.7. The van der Waals surface area contributed by atoms with Crippen molar-refractivity contribution >= 4 is 11.0 Å². The number of aryl methyl sites for hydroxylation is 3. The second kappa shape index (κ2) is 15.0. The average Bonchev–Trinajstić information content (AvgIpc) is 3.58. The quantitative estimate of drug-likeness (QED) is 0.168. The molecule has 0 saturated heterocycles. The Balaban J connectivity index is 1.40. The molecular formula is C53H51N3O. The molecule has 2 heterocycles. The molecule has 0 bridgehead atoms. The average molecular weight is 746 g/mol. The van der Waals surface area contributed by atoms with Crippen LogP contribution in [-0.2, 0) is 11.8 Å². The number of benzene rings is 6. The first-order valence-electron chi connectivity index (χ1n) is 20.0. The molecular weight excluding hydrogens is 695 g/mol. The molecule has 2 aromatic heterocycles. The SMILES string of the molecule is Cc1ccc(-c2ccnc(-c3cc(-c4cccc5c4nc(-c4cc(C)cc(C)c4O)n5-c4ccc(CC(C)C)cc4-c4ccccc4)cc(C(C)(C)C)c3)c2)cc1. The molecule has 0 atom stereocenters. The Morgan fingerprint density at radius 1 is 0.614 bits per heavy atom. The van der Waals surface area contributed by atoms with Gasteiger partial charge in [0.05, 0.1) is 28.0 Å². The molecule has 1 N–H and O–H groups in total. The summed E-state index contributed by atoms with van der Waals surface area (Å²) in [5, 5.41) is 11.7. The lowest BCUT2D eigenvalue weighted by atomic mass is 9.83. The highest BCUT2D eigenvalue weighted by atomic mass is 16.3. The number of hydrogen-bond donors (Lipinski definition) is 1. The van der Waals surface area contributed by atoms with E-state index in [1.807, 2.05) is 19.2 Å². The number of nitrogens with zero attached hydrogens (tertiary/aromatic N) is 3. The van der Waals surface area contributed by atoms with Gasteiger partial charge in [-0.2, -0.15) is 0 Å². The van der Waals surface area contributed by atoms with E-state index < -0.39 is 0 Å². The molecule has 4 heteroatoms. The first-order valence-corrected chi connectivity index (χ1v) is 20.0. The van der Waals surface area contributed by atoms with E-state index in [0.717, 1.165) is 73.3 Å². The Hall–Kier alpha value is -6.26. The predicted molar refractivity (Wildman–Crippen MR) is 239 cm³/mol. The fraction of sp³-hybridized carbons (Fsp3) is 0.208. The fourth-order valence-corrected chi connectivity index (χ4v) is 7.99. The molecule has 8 rings (SSSR count). The number of fused-ring (bicyclic) bond motifs is 1. The van der Waals surface area contributed by atoms with E-state index in [9.17, 15) is 5.11 Å². The van der Waals surface area contributed by atoms with Crippen LogP contribution in [-0.4, -0.2) is 19.6 Å². The molecule has 0 aliphatic rings. The van der Waals surface area contributed by atoms with E-state index in [4.69, 9.17) is 9.97 Å². The van der Waals surface area contributed by atoms with Crippen LogP contribution in [0, 0.1) is 26.7 Å². The van der Waals surface area contributed by atoms with Crippen LogP contribution < -0.4 is 0 Å². The fourth-order valence-electron chi connectivity index (χ4n) is 7.99. The van der Waals surface area contributed by atoms with Gasteiger partial charge < -0.3 is 5.11 Å². The molecule has 6 aromatic carbocycles. The first kappa shape index (κ1) is 37.7. The Labute approximate surface area is 337 Å². The van der Waals surface area contributed by atoms with Crippen molar-refractivity contribution < 1.29 is 5.11 Å². The molecule has 0 radical (unpaired) electrons. The minimum absolute atomic E-state index is 0.120. The number of imidazole rings is 1. The van der Waals surface area contributed by atoms with Gasteiger partial charge in [-0.25, -0.2) is 4.98 Å². The molecule has 284 valence electrons. The summed E-state index contributed by atoms with van der Waals surface area (Å²) in [6.45, 7) is 17.5.